The average Bonchev–Trinajstić information content (AvgIpc) is 2.56. The van der Waals surface area contributed by atoms with Gasteiger partial charge in [-0.05, 0) is 36.4 Å². The Labute approximate surface area is 137 Å². The van der Waals surface area contributed by atoms with Gasteiger partial charge >= 0.3 is 0 Å². The molecule has 0 aliphatic heterocycles. The average molecular weight is 332 g/mol. The third-order valence-electron chi connectivity index (χ3n) is 2.74. The number of nitriles is 1. The summed E-state index contributed by atoms with van der Waals surface area (Å²) in [4.78, 5) is 11.6. The Hall–Kier alpha value is -2.91. The minimum atomic E-state index is -0.538. The van der Waals surface area contributed by atoms with Crippen molar-refractivity contribution in [3.63, 3.8) is 0 Å². The van der Waals surface area contributed by atoms with Gasteiger partial charge in [-0.15, -0.1) is 0 Å². The summed E-state index contributed by atoms with van der Waals surface area (Å²) >= 11 is 5.82. The van der Waals surface area contributed by atoms with Crippen molar-refractivity contribution in [2.75, 3.05) is 6.61 Å². The standard InChI is InChI=1S/C16H11ClFN3O2/c17-14-2-1-3-15(18)13(14)9-20-21-16(22)10-23-12-6-4-11(8-19)5-7-12/h1-7,9H,10H2,(H,21,22)/b20-9+. The quantitative estimate of drug-likeness (QED) is 0.676. The lowest BCUT2D eigenvalue weighted by Gasteiger charge is -2.05. The van der Waals surface area contributed by atoms with Crippen LogP contribution in [0, 0.1) is 17.1 Å². The van der Waals surface area contributed by atoms with Gasteiger partial charge in [0.05, 0.1) is 22.9 Å². The zero-order chi connectivity index (χ0) is 16.7. The van der Waals surface area contributed by atoms with Crippen molar-refractivity contribution in [1.82, 2.24) is 5.43 Å². The number of halogens is 2. The Morgan fingerprint density at radius 1 is 1.35 bits per heavy atom. The SMILES string of the molecule is N#Cc1ccc(OCC(=O)N/N=C/c2c(F)cccc2Cl)cc1. The lowest BCUT2D eigenvalue weighted by atomic mass is 10.2. The van der Waals surface area contributed by atoms with E-state index in [1.54, 1.807) is 24.3 Å². The second-order valence-electron chi connectivity index (χ2n) is 4.35. The summed E-state index contributed by atoms with van der Waals surface area (Å²) < 4.78 is 18.7. The Morgan fingerprint density at radius 2 is 2.09 bits per heavy atom. The lowest BCUT2D eigenvalue weighted by Crippen LogP contribution is -2.24. The van der Waals surface area contributed by atoms with Crippen LogP contribution >= 0.6 is 11.6 Å². The molecule has 23 heavy (non-hydrogen) atoms. The van der Waals surface area contributed by atoms with Crippen LogP contribution in [0.4, 0.5) is 4.39 Å². The predicted molar refractivity (Wildman–Crippen MR) is 83.8 cm³/mol. The molecule has 2 rings (SSSR count). The first-order valence-electron chi connectivity index (χ1n) is 6.49. The molecule has 0 saturated carbocycles. The maximum atomic E-state index is 13.5. The van der Waals surface area contributed by atoms with Crippen molar-refractivity contribution in [1.29, 1.82) is 5.26 Å². The molecular formula is C16H11ClFN3O2. The highest BCUT2D eigenvalue weighted by atomic mass is 35.5. The zero-order valence-corrected chi connectivity index (χ0v) is 12.5. The van der Waals surface area contributed by atoms with E-state index in [2.05, 4.69) is 10.5 Å². The number of hydrazone groups is 1. The lowest BCUT2D eigenvalue weighted by molar-refractivity contribution is -0.123. The van der Waals surface area contributed by atoms with Crippen LogP contribution in [0.5, 0.6) is 5.75 Å². The van der Waals surface area contributed by atoms with Crippen molar-refractivity contribution in [3.05, 3.63) is 64.4 Å². The number of carbonyl (C=O) groups excluding carboxylic acids is 1. The van der Waals surface area contributed by atoms with Crippen LogP contribution in [0.3, 0.4) is 0 Å². The molecule has 0 bridgehead atoms. The number of hydrogen-bond acceptors (Lipinski definition) is 4. The molecule has 0 aromatic heterocycles. The van der Waals surface area contributed by atoms with Crippen molar-refractivity contribution in [2.45, 2.75) is 0 Å². The summed E-state index contributed by atoms with van der Waals surface area (Å²) in [5, 5.41) is 12.5. The summed E-state index contributed by atoms with van der Waals surface area (Å²) in [7, 11) is 0. The fourth-order valence-corrected chi connectivity index (χ4v) is 1.82. The highest BCUT2D eigenvalue weighted by Crippen LogP contribution is 2.16. The minimum absolute atomic E-state index is 0.0856. The minimum Gasteiger partial charge on any atom is -0.484 e. The number of nitrogens with one attached hydrogen (secondary N) is 1. The summed E-state index contributed by atoms with van der Waals surface area (Å²) in [6, 6.07) is 12.5. The van der Waals surface area contributed by atoms with Gasteiger partial charge in [-0.3, -0.25) is 4.79 Å². The molecular weight excluding hydrogens is 321 g/mol. The van der Waals surface area contributed by atoms with Gasteiger partial charge in [0.1, 0.15) is 11.6 Å². The van der Waals surface area contributed by atoms with Crippen LogP contribution in [0.2, 0.25) is 5.02 Å². The fourth-order valence-electron chi connectivity index (χ4n) is 1.61. The number of benzene rings is 2. The normalized spacial score (nSPS) is 10.3. The highest BCUT2D eigenvalue weighted by molar-refractivity contribution is 6.33. The predicted octanol–water partition coefficient (Wildman–Crippen LogP) is 2.88. The molecule has 0 atom stereocenters. The molecule has 0 heterocycles. The van der Waals surface area contributed by atoms with Crippen molar-refractivity contribution < 1.29 is 13.9 Å². The molecule has 0 aliphatic rings. The topological polar surface area (TPSA) is 74.5 Å². The third-order valence-corrected chi connectivity index (χ3v) is 3.07. The Bertz CT molecular complexity index is 750. The van der Waals surface area contributed by atoms with Crippen LogP contribution < -0.4 is 10.2 Å². The van der Waals surface area contributed by atoms with E-state index in [9.17, 15) is 9.18 Å². The van der Waals surface area contributed by atoms with Crippen LogP contribution in [0.1, 0.15) is 11.1 Å². The van der Waals surface area contributed by atoms with Crippen LogP contribution in [0.25, 0.3) is 0 Å². The van der Waals surface area contributed by atoms with Crippen LogP contribution in [-0.2, 0) is 4.79 Å². The van der Waals surface area contributed by atoms with Gasteiger partial charge in [0.25, 0.3) is 5.91 Å². The van der Waals surface area contributed by atoms with E-state index < -0.39 is 11.7 Å². The molecule has 0 fully saturated rings. The van der Waals surface area contributed by atoms with Gasteiger partial charge in [0.15, 0.2) is 6.61 Å². The number of amides is 1. The number of hydrogen-bond donors (Lipinski definition) is 1. The Balaban J connectivity index is 1.85. The largest absolute Gasteiger partial charge is 0.484 e. The zero-order valence-electron chi connectivity index (χ0n) is 11.8. The number of ether oxygens (including phenoxy) is 1. The first-order chi connectivity index (χ1) is 11.1. The molecule has 2 aromatic carbocycles. The number of rotatable bonds is 5. The molecule has 5 nitrogen and oxygen atoms in total. The molecule has 1 amide bonds. The molecule has 0 spiro atoms. The van der Waals surface area contributed by atoms with Crippen LogP contribution in [0.15, 0.2) is 47.6 Å². The molecule has 0 radical (unpaired) electrons. The summed E-state index contributed by atoms with van der Waals surface area (Å²) in [6.07, 6.45) is 1.12. The monoisotopic (exact) mass is 331 g/mol. The van der Waals surface area contributed by atoms with Crippen molar-refractivity contribution in [3.8, 4) is 11.8 Å². The van der Waals surface area contributed by atoms with Crippen LogP contribution in [-0.4, -0.2) is 18.7 Å². The molecule has 0 aliphatic carbocycles. The summed E-state index contributed by atoms with van der Waals surface area (Å²) in [6.45, 7) is -0.270. The van der Waals surface area contributed by atoms with E-state index in [4.69, 9.17) is 21.6 Å². The maximum absolute atomic E-state index is 13.5. The smallest absolute Gasteiger partial charge is 0.277 e. The molecule has 2 aromatic rings. The Morgan fingerprint density at radius 3 is 2.74 bits per heavy atom. The number of carbonyl (C=O) groups is 1. The van der Waals surface area contributed by atoms with E-state index in [0.29, 0.717) is 11.3 Å². The molecule has 116 valence electrons. The second kappa shape index (κ2) is 7.92. The van der Waals surface area contributed by atoms with Gasteiger partial charge < -0.3 is 4.74 Å². The third kappa shape index (κ3) is 4.80. The summed E-state index contributed by atoms with van der Waals surface area (Å²) in [5.41, 5.74) is 2.79. The van der Waals surface area contributed by atoms with E-state index in [1.165, 1.54) is 18.2 Å². The van der Waals surface area contributed by atoms with Crippen molar-refractivity contribution >= 4 is 23.7 Å². The number of nitrogens with zero attached hydrogens (tertiary/aromatic N) is 2. The van der Waals surface area contributed by atoms with E-state index in [0.717, 1.165) is 6.21 Å². The fraction of sp³-hybridized carbons (Fsp3) is 0.0625. The first kappa shape index (κ1) is 16.5. The van der Waals surface area contributed by atoms with Gasteiger partial charge in [-0.25, -0.2) is 9.82 Å². The molecule has 7 heteroatoms. The second-order valence-corrected chi connectivity index (χ2v) is 4.76. The van der Waals surface area contributed by atoms with Crippen molar-refractivity contribution in [2.24, 2.45) is 5.10 Å². The molecule has 0 saturated heterocycles. The van der Waals surface area contributed by atoms with Gasteiger partial charge in [-0.1, -0.05) is 17.7 Å². The first-order valence-corrected chi connectivity index (χ1v) is 6.87. The van der Waals surface area contributed by atoms with Gasteiger partial charge in [0.2, 0.25) is 0 Å². The van der Waals surface area contributed by atoms with Gasteiger partial charge in [0, 0.05) is 5.56 Å². The van der Waals surface area contributed by atoms with E-state index >= 15 is 0 Å². The van der Waals surface area contributed by atoms with E-state index in [1.807, 2.05) is 6.07 Å². The van der Waals surface area contributed by atoms with Gasteiger partial charge in [-0.2, -0.15) is 10.4 Å². The Kier molecular flexibility index (Phi) is 5.67. The highest BCUT2D eigenvalue weighted by Gasteiger charge is 2.05. The maximum Gasteiger partial charge on any atom is 0.277 e. The molecule has 0 unspecified atom stereocenters. The summed E-state index contributed by atoms with van der Waals surface area (Å²) in [5.74, 6) is -0.609. The molecule has 1 N–H and O–H groups in total. The van der Waals surface area contributed by atoms with E-state index in [-0.39, 0.29) is 17.2 Å².